The second-order valence-electron chi connectivity index (χ2n) is 9.63. The molecule has 2 unspecified atom stereocenters. The number of anilines is 1. The van der Waals surface area contributed by atoms with E-state index in [1.807, 2.05) is 23.1 Å². The molecule has 7 nitrogen and oxygen atoms in total. The first-order chi connectivity index (χ1) is 18.3. The molecule has 4 heterocycles. The molecule has 0 amide bonds. The van der Waals surface area contributed by atoms with Gasteiger partial charge in [0, 0.05) is 51.2 Å². The molecule has 0 radical (unpaired) electrons. The van der Waals surface area contributed by atoms with E-state index in [2.05, 4.69) is 9.97 Å². The maximum atomic E-state index is 13.7. The van der Waals surface area contributed by atoms with Gasteiger partial charge in [-0.05, 0) is 36.4 Å². The monoisotopic (exact) mass is 552 g/mol. The number of aromatic amines is 1. The second kappa shape index (κ2) is 8.12. The van der Waals surface area contributed by atoms with Gasteiger partial charge in [0.2, 0.25) is 0 Å². The van der Waals surface area contributed by atoms with Crippen LogP contribution < -0.4 is 20.9 Å². The average molecular weight is 553 g/mol. The van der Waals surface area contributed by atoms with Crippen molar-refractivity contribution in [3.63, 3.8) is 0 Å². The smallest absolute Gasteiger partial charge is 0.333 e. The van der Waals surface area contributed by atoms with Gasteiger partial charge in [0.05, 0.1) is 36.3 Å². The van der Waals surface area contributed by atoms with Crippen LogP contribution in [-0.4, -0.2) is 40.7 Å². The molecule has 0 spiro atoms. The van der Waals surface area contributed by atoms with E-state index in [1.54, 1.807) is 37.6 Å². The Kier molecular flexibility index (Phi) is 4.99. The van der Waals surface area contributed by atoms with E-state index in [9.17, 15) is 18.4 Å². The van der Waals surface area contributed by atoms with Crippen LogP contribution in [0.3, 0.4) is 0 Å². The minimum absolute atomic E-state index is 0.279. The number of H-pyrrole nitrogens is 1. The van der Waals surface area contributed by atoms with Gasteiger partial charge < -0.3 is 14.6 Å². The highest BCUT2D eigenvalue weighted by Crippen LogP contribution is 2.59. The Morgan fingerprint density at radius 3 is 2.66 bits per heavy atom. The van der Waals surface area contributed by atoms with Crippen LogP contribution in [0.25, 0.3) is 37.1 Å². The molecule has 192 valence electrons. The van der Waals surface area contributed by atoms with Gasteiger partial charge in [-0.15, -0.1) is 11.3 Å². The number of halogens is 3. The summed E-state index contributed by atoms with van der Waals surface area (Å²) < 4.78 is 34.2. The van der Waals surface area contributed by atoms with Crippen molar-refractivity contribution in [2.24, 2.45) is 11.8 Å². The molecule has 7 rings (SSSR count). The number of alkyl halides is 2. The topological polar surface area (TPSA) is 80.2 Å². The number of nitrogens with one attached hydrogen (secondary N) is 1. The van der Waals surface area contributed by atoms with Gasteiger partial charge in [-0.2, -0.15) is 0 Å². The van der Waals surface area contributed by atoms with E-state index in [1.165, 1.54) is 17.5 Å². The zero-order valence-corrected chi connectivity index (χ0v) is 21.4. The number of benzene rings is 2. The standard InChI is InChI=1S/C27H19ClF2N4O3S/c1-37-15-4-5-20(28)17(7-15)23-8-21-24(38-23)25(35)34(26(36)32-21)22-10-31-9-13-2-3-14(6-16(13)22)33-11-18-19(12-33)27(18,29)30/h2-10,18-19H,11-12H2,1H3,(H,32,36). The zero-order chi connectivity index (χ0) is 26.3. The fourth-order valence-corrected chi connectivity index (χ4v) is 6.76. The van der Waals surface area contributed by atoms with Crippen molar-refractivity contribution in [3.8, 4) is 21.9 Å². The molecule has 1 aliphatic carbocycles. The Bertz CT molecular complexity index is 1890. The molecule has 1 aliphatic heterocycles. The van der Waals surface area contributed by atoms with Gasteiger partial charge in [0.1, 0.15) is 10.4 Å². The Balaban J connectivity index is 1.35. The lowest BCUT2D eigenvalue weighted by Gasteiger charge is -2.22. The molecule has 0 bridgehead atoms. The first-order valence-corrected chi connectivity index (χ1v) is 13.1. The van der Waals surface area contributed by atoms with E-state index in [-0.39, 0.29) is 13.1 Å². The fraction of sp³-hybridized carbons (Fsp3) is 0.222. The molecule has 1 N–H and O–H groups in total. The summed E-state index contributed by atoms with van der Waals surface area (Å²) in [7, 11) is 1.55. The molecule has 2 aromatic carbocycles. The van der Waals surface area contributed by atoms with Gasteiger partial charge in [-0.25, -0.2) is 18.1 Å². The zero-order valence-electron chi connectivity index (χ0n) is 19.9. The van der Waals surface area contributed by atoms with Crippen molar-refractivity contribution in [1.82, 2.24) is 14.5 Å². The number of thiophene rings is 1. The Morgan fingerprint density at radius 1 is 1.11 bits per heavy atom. The van der Waals surface area contributed by atoms with Crippen LogP contribution >= 0.6 is 22.9 Å². The molecule has 1 saturated carbocycles. The Hall–Kier alpha value is -3.76. The molecule has 11 heteroatoms. The van der Waals surface area contributed by atoms with Crippen LogP contribution in [0.5, 0.6) is 5.75 Å². The first-order valence-electron chi connectivity index (χ1n) is 11.9. The lowest BCUT2D eigenvalue weighted by Crippen LogP contribution is -2.33. The highest BCUT2D eigenvalue weighted by atomic mass is 35.5. The summed E-state index contributed by atoms with van der Waals surface area (Å²) in [5.41, 5.74) is 1.09. The fourth-order valence-electron chi connectivity index (χ4n) is 5.41. The number of ether oxygens (including phenoxy) is 1. The molecule has 1 saturated heterocycles. The van der Waals surface area contributed by atoms with Crippen LogP contribution in [0.15, 0.2) is 64.4 Å². The number of hydrogen-bond donors (Lipinski definition) is 1. The summed E-state index contributed by atoms with van der Waals surface area (Å²) in [6, 6.07) is 12.5. The van der Waals surface area contributed by atoms with Crippen LogP contribution in [0.4, 0.5) is 14.5 Å². The van der Waals surface area contributed by atoms with Gasteiger partial charge >= 0.3 is 5.69 Å². The van der Waals surface area contributed by atoms with E-state index < -0.39 is 29.0 Å². The third kappa shape index (κ3) is 3.40. The van der Waals surface area contributed by atoms with Gasteiger partial charge in [-0.1, -0.05) is 17.7 Å². The van der Waals surface area contributed by atoms with E-state index >= 15 is 0 Å². The lowest BCUT2D eigenvalue weighted by atomic mass is 10.1. The number of methoxy groups -OCH3 is 1. The van der Waals surface area contributed by atoms with Crippen molar-refractivity contribution in [1.29, 1.82) is 0 Å². The van der Waals surface area contributed by atoms with Gasteiger partial charge in [0.15, 0.2) is 0 Å². The van der Waals surface area contributed by atoms with E-state index in [4.69, 9.17) is 16.3 Å². The highest BCUT2D eigenvalue weighted by molar-refractivity contribution is 7.22. The lowest BCUT2D eigenvalue weighted by molar-refractivity contribution is 0.0798. The Morgan fingerprint density at radius 2 is 1.89 bits per heavy atom. The van der Waals surface area contributed by atoms with Crippen molar-refractivity contribution < 1.29 is 13.5 Å². The number of rotatable bonds is 4. The SMILES string of the molecule is COc1ccc(Cl)c(-c2cc3[nH]c(=O)n(-c4cncc5ccc(N6CC7C(C6)C7(F)F)cc45)c(=O)c3s2)c1. The number of pyridine rings is 1. The van der Waals surface area contributed by atoms with E-state index in [0.717, 1.165) is 15.6 Å². The normalized spacial score (nSPS) is 19.7. The first kappa shape index (κ1) is 23.4. The van der Waals surface area contributed by atoms with Crippen LogP contribution in [-0.2, 0) is 0 Å². The number of hydrogen-bond acceptors (Lipinski definition) is 6. The molecule has 2 fully saturated rings. The van der Waals surface area contributed by atoms with Crippen LogP contribution in [0.2, 0.25) is 5.02 Å². The minimum atomic E-state index is -2.58. The summed E-state index contributed by atoms with van der Waals surface area (Å²) >= 11 is 7.64. The summed E-state index contributed by atoms with van der Waals surface area (Å²) in [6.45, 7) is 0.557. The maximum Gasteiger partial charge on any atom is 0.333 e. The predicted molar refractivity (Wildman–Crippen MR) is 144 cm³/mol. The highest BCUT2D eigenvalue weighted by Gasteiger charge is 2.71. The van der Waals surface area contributed by atoms with Crippen molar-refractivity contribution in [3.05, 3.63) is 80.7 Å². The van der Waals surface area contributed by atoms with Crippen LogP contribution in [0.1, 0.15) is 0 Å². The summed E-state index contributed by atoms with van der Waals surface area (Å²) in [5.74, 6) is -3.19. The number of piperidine rings is 1. The minimum Gasteiger partial charge on any atom is -0.497 e. The van der Waals surface area contributed by atoms with Crippen LogP contribution in [0, 0.1) is 11.8 Å². The molecule has 38 heavy (non-hydrogen) atoms. The number of aromatic nitrogens is 3. The maximum absolute atomic E-state index is 13.7. The molecule has 2 atom stereocenters. The molecular weight excluding hydrogens is 534 g/mol. The third-order valence-electron chi connectivity index (χ3n) is 7.54. The molecule has 5 aromatic rings. The van der Waals surface area contributed by atoms with Gasteiger partial charge in [0.25, 0.3) is 11.5 Å². The predicted octanol–water partition coefficient (Wildman–Crippen LogP) is 5.32. The second-order valence-corrected chi connectivity index (χ2v) is 11.1. The van der Waals surface area contributed by atoms with Crippen molar-refractivity contribution >= 4 is 49.6 Å². The summed E-state index contributed by atoms with van der Waals surface area (Å²) in [5, 5.41) is 1.84. The summed E-state index contributed by atoms with van der Waals surface area (Å²) in [6.07, 6.45) is 3.11. The average Bonchev–Trinajstić information content (AvgIpc) is 3.31. The largest absolute Gasteiger partial charge is 0.497 e. The summed E-state index contributed by atoms with van der Waals surface area (Å²) in [4.78, 5) is 36.6. The molecule has 3 aromatic heterocycles. The Labute approximate surface area is 222 Å². The van der Waals surface area contributed by atoms with Gasteiger partial charge in [-0.3, -0.25) is 9.78 Å². The molecule has 2 aliphatic rings. The van der Waals surface area contributed by atoms with Crippen molar-refractivity contribution in [2.75, 3.05) is 25.1 Å². The number of nitrogens with zero attached hydrogens (tertiary/aromatic N) is 3. The third-order valence-corrected chi connectivity index (χ3v) is 9.03. The molecular formula is C27H19ClF2N4O3S. The van der Waals surface area contributed by atoms with Crippen molar-refractivity contribution in [2.45, 2.75) is 5.92 Å². The quantitative estimate of drug-likeness (QED) is 0.326. The number of fused-ring (bicyclic) bond motifs is 3. The van der Waals surface area contributed by atoms with E-state index in [0.29, 0.717) is 42.5 Å².